The molecule has 0 radical (unpaired) electrons. The average molecular weight is 361 g/mol. The van der Waals surface area contributed by atoms with Gasteiger partial charge >= 0.3 is 5.97 Å². The number of piperidine rings is 1. The fourth-order valence-electron chi connectivity index (χ4n) is 4.19. The van der Waals surface area contributed by atoms with Crippen LogP contribution in [0.4, 0.5) is 0 Å². The molecule has 3 rings (SSSR count). The Morgan fingerprint density at radius 2 is 1.85 bits per heavy atom. The van der Waals surface area contributed by atoms with Gasteiger partial charge in [0.2, 0.25) is 0 Å². The Hall–Kier alpha value is -2.24. The highest BCUT2D eigenvalue weighted by Crippen LogP contribution is 2.35. The normalized spacial score (nSPS) is 22.3. The van der Waals surface area contributed by atoms with Crippen LogP contribution in [0.15, 0.2) is 18.2 Å². The van der Waals surface area contributed by atoms with Gasteiger partial charge in [0.05, 0.1) is 19.8 Å². The number of carbonyl (C=O) groups is 2. The number of benzene rings is 1. The van der Waals surface area contributed by atoms with E-state index in [2.05, 4.69) is 0 Å². The lowest BCUT2D eigenvalue weighted by Crippen LogP contribution is -2.51. The summed E-state index contributed by atoms with van der Waals surface area (Å²) in [4.78, 5) is 26.4. The first-order valence-electron chi connectivity index (χ1n) is 9.32. The van der Waals surface area contributed by atoms with E-state index in [1.807, 2.05) is 4.90 Å². The Balaban J connectivity index is 1.64. The van der Waals surface area contributed by atoms with Crippen LogP contribution in [0.25, 0.3) is 0 Å². The standard InChI is InChI=1S/C20H27NO5/c1-24-18-12-15(20(23)25-2)9-10-17(18)26-13-19(22)21-11-5-7-14-6-3-4-8-16(14)21/h9-10,12,14,16H,3-8,11,13H2,1-2H3/t14-,16-/m1/s1. The molecule has 2 fully saturated rings. The van der Waals surface area contributed by atoms with Crippen molar-refractivity contribution < 1.29 is 23.8 Å². The van der Waals surface area contributed by atoms with Gasteiger partial charge in [-0.3, -0.25) is 4.79 Å². The molecular weight excluding hydrogens is 334 g/mol. The van der Waals surface area contributed by atoms with E-state index >= 15 is 0 Å². The fourth-order valence-corrected chi connectivity index (χ4v) is 4.19. The average Bonchev–Trinajstić information content (AvgIpc) is 2.70. The summed E-state index contributed by atoms with van der Waals surface area (Å²) in [6.07, 6.45) is 7.13. The molecule has 0 N–H and O–H groups in total. The third-order valence-electron chi connectivity index (χ3n) is 5.50. The maximum absolute atomic E-state index is 12.7. The Morgan fingerprint density at radius 1 is 1.08 bits per heavy atom. The predicted molar refractivity (Wildman–Crippen MR) is 96.5 cm³/mol. The number of nitrogens with zero attached hydrogens (tertiary/aromatic N) is 1. The summed E-state index contributed by atoms with van der Waals surface area (Å²) in [5.74, 6) is 1.10. The second-order valence-electron chi connectivity index (χ2n) is 6.99. The summed E-state index contributed by atoms with van der Waals surface area (Å²) < 4.78 is 15.7. The van der Waals surface area contributed by atoms with Gasteiger partial charge in [-0.25, -0.2) is 4.79 Å². The molecule has 1 aliphatic heterocycles. The summed E-state index contributed by atoms with van der Waals surface area (Å²) in [6.45, 7) is 0.804. The number of likely N-dealkylation sites (tertiary alicyclic amines) is 1. The van der Waals surface area contributed by atoms with E-state index in [1.54, 1.807) is 18.2 Å². The van der Waals surface area contributed by atoms with Gasteiger partial charge in [-0.2, -0.15) is 0 Å². The highest BCUT2D eigenvalue weighted by Gasteiger charge is 2.35. The number of hydrogen-bond donors (Lipinski definition) is 0. The van der Waals surface area contributed by atoms with Gasteiger partial charge in [0.1, 0.15) is 0 Å². The van der Waals surface area contributed by atoms with Crippen molar-refractivity contribution in [3.8, 4) is 11.5 Å². The van der Waals surface area contributed by atoms with Crippen LogP contribution >= 0.6 is 0 Å². The molecule has 0 bridgehead atoms. The maximum atomic E-state index is 12.7. The molecule has 1 aliphatic carbocycles. The molecule has 6 nitrogen and oxygen atoms in total. The van der Waals surface area contributed by atoms with Crippen molar-refractivity contribution in [3.63, 3.8) is 0 Å². The first-order chi connectivity index (χ1) is 12.6. The van der Waals surface area contributed by atoms with Crippen molar-refractivity contribution in [2.24, 2.45) is 5.92 Å². The smallest absolute Gasteiger partial charge is 0.337 e. The van der Waals surface area contributed by atoms with Crippen LogP contribution in [0.5, 0.6) is 11.5 Å². The zero-order valence-electron chi connectivity index (χ0n) is 15.5. The number of carbonyl (C=O) groups excluding carboxylic acids is 2. The topological polar surface area (TPSA) is 65.1 Å². The third-order valence-corrected chi connectivity index (χ3v) is 5.50. The van der Waals surface area contributed by atoms with Gasteiger partial charge in [-0.05, 0) is 49.8 Å². The number of esters is 1. The second-order valence-corrected chi connectivity index (χ2v) is 6.99. The fraction of sp³-hybridized carbons (Fsp3) is 0.600. The molecule has 1 saturated heterocycles. The predicted octanol–water partition coefficient (Wildman–Crippen LogP) is 3.04. The van der Waals surface area contributed by atoms with Crippen molar-refractivity contribution >= 4 is 11.9 Å². The van der Waals surface area contributed by atoms with Crippen LogP contribution in [0.3, 0.4) is 0 Å². The van der Waals surface area contributed by atoms with Crippen LogP contribution in [-0.4, -0.2) is 50.2 Å². The van der Waals surface area contributed by atoms with E-state index in [-0.39, 0.29) is 12.5 Å². The quantitative estimate of drug-likeness (QED) is 0.754. The minimum absolute atomic E-state index is 0.0167. The molecule has 1 aromatic carbocycles. The Labute approximate surface area is 154 Å². The van der Waals surface area contributed by atoms with E-state index < -0.39 is 5.97 Å². The van der Waals surface area contributed by atoms with Crippen LogP contribution in [-0.2, 0) is 9.53 Å². The van der Waals surface area contributed by atoms with Gasteiger partial charge < -0.3 is 19.1 Å². The summed E-state index contributed by atoms with van der Waals surface area (Å²) in [6, 6.07) is 5.17. The molecule has 0 aromatic heterocycles. The molecule has 26 heavy (non-hydrogen) atoms. The molecule has 1 amide bonds. The lowest BCUT2D eigenvalue weighted by Gasteiger charge is -2.44. The van der Waals surface area contributed by atoms with Gasteiger partial charge in [0, 0.05) is 12.6 Å². The van der Waals surface area contributed by atoms with E-state index in [4.69, 9.17) is 14.2 Å². The van der Waals surface area contributed by atoms with Gasteiger partial charge in [-0.15, -0.1) is 0 Å². The van der Waals surface area contributed by atoms with Crippen molar-refractivity contribution in [1.82, 2.24) is 4.90 Å². The van der Waals surface area contributed by atoms with E-state index in [1.165, 1.54) is 39.9 Å². The first kappa shape index (κ1) is 18.5. The molecule has 1 heterocycles. The number of amides is 1. The minimum Gasteiger partial charge on any atom is -0.493 e. The first-order valence-corrected chi connectivity index (χ1v) is 9.32. The highest BCUT2D eigenvalue weighted by atomic mass is 16.5. The molecule has 0 unspecified atom stereocenters. The summed E-state index contributed by atoms with van der Waals surface area (Å²) in [5.41, 5.74) is 0.379. The van der Waals surface area contributed by atoms with Crippen molar-refractivity contribution in [2.45, 2.75) is 44.6 Å². The van der Waals surface area contributed by atoms with Gasteiger partial charge in [0.25, 0.3) is 5.91 Å². The van der Waals surface area contributed by atoms with Crippen molar-refractivity contribution in [2.75, 3.05) is 27.4 Å². The molecule has 2 aliphatic rings. The lowest BCUT2D eigenvalue weighted by molar-refractivity contribution is -0.139. The largest absolute Gasteiger partial charge is 0.493 e. The number of fused-ring (bicyclic) bond motifs is 1. The second kappa shape index (κ2) is 8.43. The molecule has 1 aromatic rings. The molecule has 2 atom stereocenters. The van der Waals surface area contributed by atoms with E-state index in [0.717, 1.165) is 19.4 Å². The third kappa shape index (κ3) is 3.94. The van der Waals surface area contributed by atoms with Gasteiger partial charge in [0.15, 0.2) is 18.1 Å². The Kier molecular flexibility index (Phi) is 6.01. The Morgan fingerprint density at radius 3 is 2.62 bits per heavy atom. The monoisotopic (exact) mass is 361 g/mol. The lowest BCUT2D eigenvalue weighted by atomic mass is 9.78. The van der Waals surface area contributed by atoms with Crippen molar-refractivity contribution in [1.29, 1.82) is 0 Å². The highest BCUT2D eigenvalue weighted by molar-refractivity contribution is 5.90. The number of ether oxygens (including phenoxy) is 3. The SMILES string of the molecule is COC(=O)c1ccc(OCC(=O)N2CCC[C@H]3CCCC[C@H]32)c(OC)c1. The Bertz CT molecular complexity index is 658. The summed E-state index contributed by atoms with van der Waals surface area (Å²) in [5, 5.41) is 0. The zero-order chi connectivity index (χ0) is 18.5. The molecular formula is C20H27NO5. The number of hydrogen-bond acceptors (Lipinski definition) is 5. The molecule has 6 heteroatoms. The van der Waals surface area contributed by atoms with Crippen LogP contribution < -0.4 is 9.47 Å². The number of methoxy groups -OCH3 is 2. The zero-order valence-corrected chi connectivity index (χ0v) is 15.5. The molecule has 0 spiro atoms. The van der Waals surface area contributed by atoms with Gasteiger partial charge in [-0.1, -0.05) is 12.8 Å². The summed E-state index contributed by atoms with van der Waals surface area (Å²) in [7, 11) is 2.83. The minimum atomic E-state index is -0.442. The van der Waals surface area contributed by atoms with Crippen LogP contribution in [0.1, 0.15) is 48.9 Å². The summed E-state index contributed by atoms with van der Waals surface area (Å²) >= 11 is 0. The molecule has 1 saturated carbocycles. The van der Waals surface area contributed by atoms with Crippen molar-refractivity contribution in [3.05, 3.63) is 23.8 Å². The number of rotatable bonds is 5. The van der Waals surface area contributed by atoms with Crippen LogP contribution in [0, 0.1) is 5.92 Å². The maximum Gasteiger partial charge on any atom is 0.337 e. The molecule has 142 valence electrons. The van der Waals surface area contributed by atoms with Crippen LogP contribution in [0.2, 0.25) is 0 Å². The van der Waals surface area contributed by atoms with E-state index in [0.29, 0.717) is 29.0 Å². The van der Waals surface area contributed by atoms with E-state index in [9.17, 15) is 9.59 Å².